The van der Waals surface area contributed by atoms with Crippen molar-refractivity contribution >= 4 is 23.9 Å². The molecule has 0 heterocycles. The number of esters is 3. The van der Waals surface area contributed by atoms with Crippen molar-refractivity contribution in [3.8, 4) is 0 Å². The van der Waals surface area contributed by atoms with Gasteiger partial charge < -0.3 is 19.7 Å². The normalized spacial score (nSPS) is 12.8. The summed E-state index contributed by atoms with van der Waals surface area (Å²) in [6.45, 7) is 3.25. The number of carbonyl (C=O) groups is 4. The third-order valence-electron chi connectivity index (χ3n) is 4.26. The number of carbonyl (C=O) groups excluding carboxylic acids is 3. The summed E-state index contributed by atoms with van der Waals surface area (Å²) in [6, 6.07) is 0. The van der Waals surface area contributed by atoms with E-state index in [4.69, 9.17) is 9.84 Å². The molecule has 0 bridgehead atoms. The van der Waals surface area contributed by atoms with Crippen LogP contribution >= 0.6 is 0 Å². The van der Waals surface area contributed by atoms with Crippen LogP contribution in [0.4, 0.5) is 0 Å². The standard InChI is InChI=1S/C20H34O8/c1-3-4-5-6-7-8-9-10-11-12-13-27-18(24)15-20(26,14-17(22)23)19(25)28-16(2)21/h26H,3-15H2,1-2H3,(H,22,23). The number of unbranched alkanes of at least 4 members (excludes halogenated alkanes) is 9. The molecule has 0 saturated carbocycles. The highest BCUT2D eigenvalue weighted by Gasteiger charge is 2.43. The molecule has 0 radical (unpaired) electrons. The zero-order chi connectivity index (χ0) is 21.4. The number of carboxylic acids is 1. The Balaban J connectivity index is 4.04. The quantitative estimate of drug-likeness (QED) is 0.229. The molecular weight excluding hydrogens is 368 g/mol. The number of hydrogen-bond donors (Lipinski definition) is 2. The highest BCUT2D eigenvalue weighted by molar-refractivity contribution is 5.94. The van der Waals surface area contributed by atoms with Crippen molar-refractivity contribution in [2.45, 2.75) is 96.5 Å². The number of ether oxygens (including phenoxy) is 2. The van der Waals surface area contributed by atoms with Gasteiger partial charge in [-0.1, -0.05) is 64.7 Å². The lowest BCUT2D eigenvalue weighted by molar-refractivity contribution is -0.181. The van der Waals surface area contributed by atoms with Crippen molar-refractivity contribution in [3.63, 3.8) is 0 Å². The summed E-state index contributed by atoms with van der Waals surface area (Å²) < 4.78 is 9.19. The van der Waals surface area contributed by atoms with Gasteiger partial charge in [0.1, 0.15) is 0 Å². The second-order valence-electron chi connectivity index (χ2n) is 7.06. The predicted octanol–water partition coefficient (Wildman–Crippen LogP) is 3.14. The SMILES string of the molecule is CCCCCCCCCCCCOC(=O)CC(O)(CC(=O)O)C(=O)OC(C)=O. The largest absolute Gasteiger partial charge is 0.481 e. The maximum atomic E-state index is 11.8. The van der Waals surface area contributed by atoms with Gasteiger partial charge in [-0.05, 0) is 6.42 Å². The van der Waals surface area contributed by atoms with E-state index in [2.05, 4.69) is 11.7 Å². The molecule has 162 valence electrons. The summed E-state index contributed by atoms with van der Waals surface area (Å²) in [6.07, 6.45) is 9.31. The molecule has 0 rings (SSSR count). The zero-order valence-corrected chi connectivity index (χ0v) is 17.0. The molecule has 0 spiro atoms. The van der Waals surface area contributed by atoms with Crippen LogP contribution in [-0.2, 0) is 28.7 Å². The Labute approximate surface area is 166 Å². The topological polar surface area (TPSA) is 127 Å². The average molecular weight is 402 g/mol. The molecule has 28 heavy (non-hydrogen) atoms. The first-order chi connectivity index (χ1) is 13.2. The minimum absolute atomic E-state index is 0.125. The van der Waals surface area contributed by atoms with Gasteiger partial charge in [0.2, 0.25) is 0 Å². The first kappa shape index (κ1) is 26.0. The zero-order valence-electron chi connectivity index (χ0n) is 17.0. The molecule has 0 aliphatic heterocycles. The highest BCUT2D eigenvalue weighted by atomic mass is 16.6. The summed E-state index contributed by atoms with van der Waals surface area (Å²) >= 11 is 0. The molecule has 0 fully saturated rings. The number of rotatable bonds is 16. The smallest absolute Gasteiger partial charge is 0.346 e. The van der Waals surface area contributed by atoms with E-state index in [9.17, 15) is 24.3 Å². The van der Waals surface area contributed by atoms with Crippen LogP contribution in [-0.4, -0.2) is 46.3 Å². The summed E-state index contributed by atoms with van der Waals surface area (Å²) in [7, 11) is 0. The van der Waals surface area contributed by atoms with E-state index in [-0.39, 0.29) is 6.61 Å². The average Bonchev–Trinajstić information content (AvgIpc) is 2.58. The van der Waals surface area contributed by atoms with Gasteiger partial charge in [0.15, 0.2) is 5.60 Å². The molecule has 0 aromatic heterocycles. The van der Waals surface area contributed by atoms with Gasteiger partial charge in [-0.2, -0.15) is 0 Å². The molecule has 0 aliphatic carbocycles. The molecule has 8 heteroatoms. The maximum Gasteiger partial charge on any atom is 0.346 e. The van der Waals surface area contributed by atoms with Gasteiger partial charge in [0.05, 0.1) is 19.4 Å². The van der Waals surface area contributed by atoms with Gasteiger partial charge in [-0.25, -0.2) is 4.79 Å². The first-order valence-corrected chi connectivity index (χ1v) is 10.0. The monoisotopic (exact) mass is 402 g/mol. The molecular formula is C20H34O8. The van der Waals surface area contributed by atoms with Crippen LogP contribution in [0, 0.1) is 0 Å². The maximum absolute atomic E-state index is 11.8. The van der Waals surface area contributed by atoms with E-state index in [1.165, 1.54) is 38.5 Å². The second-order valence-corrected chi connectivity index (χ2v) is 7.06. The van der Waals surface area contributed by atoms with E-state index in [1.54, 1.807) is 0 Å². The number of aliphatic hydroxyl groups is 1. The third-order valence-corrected chi connectivity index (χ3v) is 4.26. The van der Waals surface area contributed by atoms with Crippen LogP contribution in [0.5, 0.6) is 0 Å². The molecule has 0 amide bonds. The molecule has 0 aromatic rings. The molecule has 1 unspecified atom stereocenters. The Bertz CT molecular complexity index is 502. The lowest BCUT2D eigenvalue weighted by Crippen LogP contribution is -2.45. The Morgan fingerprint density at radius 2 is 1.32 bits per heavy atom. The lowest BCUT2D eigenvalue weighted by atomic mass is 9.95. The number of aliphatic carboxylic acids is 1. The Morgan fingerprint density at radius 1 is 0.821 bits per heavy atom. The van der Waals surface area contributed by atoms with Crippen LogP contribution in [0.15, 0.2) is 0 Å². The lowest BCUT2D eigenvalue weighted by Gasteiger charge is -2.22. The summed E-state index contributed by atoms with van der Waals surface area (Å²) in [5.74, 6) is -4.91. The van der Waals surface area contributed by atoms with Crippen LogP contribution in [0.1, 0.15) is 90.9 Å². The van der Waals surface area contributed by atoms with Crippen LogP contribution < -0.4 is 0 Å². The van der Waals surface area contributed by atoms with E-state index in [0.717, 1.165) is 26.2 Å². The second kappa shape index (κ2) is 15.0. The molecule has 0 aliphatic rings. The van der Waals surface area contributed by atoms with Gasteiger partial charge in [0.25, 0.3) is 0 Å². The van der Waals surface area contributed by atoms with E-state index < -0.39 is 42.3 Å². The van der Waals surface area contributed by atoms with Crippen molar-refractivity contribution in [2.75, 3.05) is 6.61 Å². The first-order valence-electron chi connectivity index (χ1n) is 10.0. The van der Waals surface area contributed by atoms with Crippen molar-refractivity contribution in [3.05, 3.63) is 0 Å². The van der Waals surface area contributed by atoms with E-state index in [1.807, 2.05) is 0 Å². The fourth-order valence-corrected chi connectivity index (χ4v) is 2.75. The van der Waals surface area contributed by atoms with Gasteiger partial charge in [-0.15, -0.1) is 0 Å². The fraction of sp³-hybridized carbons (Fsp3) is 0.800. The van der Waals surface area contributed by atoms with Gasteiger partial charge >= 0.3 is 23.9 Å². The Kier molecular flexibility index (Phi) is 14.0. The Morgan fingerprint density at radius 3 is 1.79 bits per heavy atom. The highest BCUT2D eigenvalue weighted by Crippen LogP contribution is 2.19. The minimum Gasteiger partial charge on any atom is -0.481 e. The van der Waals surface area contributed by atoms with Gasteiger partial charge in [0, 0.05) is 6.92 Å². The summed E-state index contributed by atoms with van der Waals surface area (Å²) in [5.41, 5.74) is -2.63. The molecule has 1 atom stereocenters. The van der Waals surface area contributed by atoms with Crippen molar-refractivity contribution in [1.29, 1.82) is 0 Å². The minimum atomic E-state index is -2.63. The fourth-order valence-electron chi connectivity index (χ4n) is 2.75. The van der Waals surface area contributed by atoms with E-state index >= 15 is 0 Å². The summed E-state index contributed by atoms with van der Waals surface area (Å²) in [5, 5.41) is 19.0. The molecule has 2 N–H and O–H groups in total. The van der Waals surface area contributed by atoms with Crippen LogP contribution in [0.2, 0.25) is 0 Å². The van der Waals surface area contributed by atoms with Crippen molar-refractivity contribution in [2.24, 2.45) is 0 Å². The molecule has 0 saturated heterocycles. The van der Waals surface area contributed by atoms with E-state index in [0.29, 0.717) is 6.42 Å². The number of hydrogen-bond acceptors (Lipinski definition) is 7. The molecule has 8 nitrogen and oxygen atoms in total. The predicted molar refractivity (Wildman–Crippen MR) is 101 cm³/mol. The molecule has 0 aromatic carbocycles. The number of carboxylic acid groups (broad SMARTS) is 1. The third kappa shape index (κ3) is 13.2. The van der Waals surface area contributed by atoms with Gasteiger partial charge in [-0.3, -0.25) is 14.4 Å². The van der Waals surface area contributed by atoms with Crippen LogP contribution in [0.25, 0.3) is 0 Å². The van der Waals surface area contributed by atoms with Crippen molar-refractivity contribution < 1.29 is 38.9 Å². The van der Waals surface area contributed by atoms with Crippen LogP contribution in [0.3, 0.4) is 0 Å². The Hall–Kier alpha value is -1.96. The summed E-state index contributed by atoms with van der Waals surface area (Å²) in [4.78, 5) is 45.2. The van der Waals surface area contributed by atoms with Crippen molar-refractivity contribution in [1.82, 2.24) is 0 Å².